The van der Waals surface area contributed by atoms with Gasteiger partial charge in [-0.2, -0.15) is 0 Å². The minimum absolute atomic E-state index is 0.193. The largest absolute Gasteiger partial charge is 0.384 e. The van der Waals surface area contributed by atoms with Gasteiger partial charge in [0.15, 0.2) is 0 Å². The first-order chi connectivity index (χ1) is 7.77. The van der Waals surface area contributed by atoms with Crippen LogP contribution in [0.1, 0.15) is 27.7 Å². The Morgan fingerprint density at radius 3 is 2.29 bits per heavy atom. The van der Waals surface area contributed by atoms with Gasteiger partial charge >= 0.3 is 0 Å². The van der Waals surface area contributed by atoms with Gasteiger partial charge in [-0.3, -0.25) is 0 Å². The summed E-state index contributed by atoms with van der Waals surface area (Å²) in [5.74, 6) is 1.36. The van der Waals surface area contributed by atoms with E-state index in [2.05, 4.69) is 42.6 Å². The maximum atomic E-state index is 6.03. The quantitative estimate of drug-likeness (QED) is 0.799. The normalized spacial score (nSPS) is 22.5. The third kappa shape index (κ3) is 2.85. The summed E-state index contributed by atoms with van der Waals surface area (Å²) in [6.45, 7) is 9.95. The summed E-state index contributed by atoms with van der Waals surface area (Å²) in [7, 11) is 0. The molecule has 1 aromatic rings. The topological polar surface area (TPSA) is 64.3 Å². The van der Waals surface area contributed by atoms with E-state index in [0.29, 0.717) is 5.82 Å². The van der Waals surface area contributed by atoms with Crippen LogP contribution in [0.2, 0.25) is 0 Å². The van der Waals surface area contributed by atoms with E-state index in [-0.39, 0.29) is 11.2 Å². The highest BCUT2D eigenvalue weighted by atomic mass is 16.5. The summed E-state index contributed by atoms with van der Waals surface area (Å²) in [5, 5.41) is 0. The second-order valence-corrected chi connectivity index (χ2v) is 5.78. The Bertz CT molecular complexity index is 401. The summed E-state index contributed by atoms with van der Waals surface area (Å²) >= 11 is 0. The molecule has 2 heterocycles. The molecule has 1 aromatic heterocycles. The van der Waals surface area contributed by atoms with Crippen LogP contribution in [0, 0.1) is 0 Å². The molecular weight excluding hydrogens is 216 g/mol. The van der Waals surface area contributed by atoms with Gasteiger partial charge in [-0.15, -0.1) is 0 Å². The van der Waals surface area contributed by atoms with Crippen LogP contribution >= 0.6 is 0 Å². The second kappa shape index (κ2) is 3.84. The lowest BCUT2D eigenvalue weighted by Gasteiger charge is -2.47. The predicted molar refractivity (Wildman–Crippen MR) is 67.9 cm³/mol. The Kier molecular flexibility index (Phi) is 2.73. The van der Waals surface area contributed by atoms with Crippen molar-refractivity contribution < 1.29 is 4.74 Å². The van der Waals surface area contributed by atoms with Crippen molar-refractivity contribution in [1.29, 1.82) is 0 Å². The molecule has 0 aliphatic carbocycles. The number of ether oxygens (including phenoxy) is 1. The van der Waals surface area contributed by atoms with Gasteiger partial charge in [-0.05, 0) is 27.7 Å². The fourth-order valence-electron chi connectivity index (χ4n) is 2.48. The van der Waals surface area contributed by atoms with Gasteiger partial charge in [0.05, 0.1) is 11.2 Å². The monoisotopic (exact) mass is 236 g/mol. The smallest absolute Gasteiger partial charge is 0.134 e. The fraction of sp³-hybridized carbons (Fsp3) is 0.667. The molecule has 1 saturated heterocycles. The van der Waals surface area contributed by atoms with E-state index in [0.717, 1.165) is 18.9 Å². The Balaban J connectivity index is 2.27. The van der Waals surface area contributed by atoms with Crippen LogP contribution in [0.25, 0.3) is 0 Å². The zero-order chi connectivity index (χ0) is 12.7. The van der Waals surface area contributed by atoms with Crippen LogP contribution in [0.5, 0.6) is 0 Å². The zero-order valence-electron chi connectivity index (χ0n) is 10.9. The lowest BCUT2D eigenvalue weighted by molar-refractivity contribution is -0.133. The van der Waals surface area contributed by atoms with E-state index in [1.165, 1.54) is 6.33 Å². The standard InChI is InChI=1S/C12H20N4O/c1-11(2)6-16(7-12(3,4)17-11)10-5-9(13)14-8-15-10/h5,8H,6-7H2,1-4H3,(H2,13,14,15). The fourth-order valence-corrected chi connectivity index (χ4v) is 2.48. The van der Waals surface area contributed by atoms with Crippen molar-refractivity contribution in [2.45, 2.75) is 38.9 Å². The van der Waals surface area contributed by atoms with Gasteiger partial charge < -0.3 is 15.4 Å². The Labute approximate surface area is 102 Å². The number of aromatic nitrogens is 2. The molecule has 0 saturated carbocycles. The average molecular weight is 236 g/mol. The first-order valence-electron chi connectivity index (χ1n) is 5.80. The van der Waals surface area contributed by atoms with Gasteiger partial charge in [0.1, 0.15) is 18.0 Å². The maximum Gasteiger partial charge on any atom is 0.134 e. The van der Waals surface area contributed by atoms with Crippen LogP contribution in [-0.4, -0.2) is 34.3 Å². The molecule has 1 fully saturated rings. The number of hydrogen-bond donors (Lipinski definition) is 1. The molecule has 94 valence electrons. The van der Waals surface area contributed by atoms with Gasteiger partial charge in [-0.1, -0.05) is 0 Å². The van der Waals surface area contributed by atoms with Crippen molar-refractivity contribution in [3.63, 3.8) is 0 Å². The molecule has 0 bridgehead atoms. The molecule has 5 nitrogen and oxygen atoms in total. The minimum atomic E-state index is -0.193. The molecular formula is C12H20N4O. The van der Waals surface area contributed by atoms with Crippen LogP contribution < -0.4 is 10.6 Å². The van der Waals surface area contributed by atoms with Crippen LogP contribution in [0.4, 0.5) is 11.6 Å². The van der Waals surface area contributed by atoms with Crippen molar-refractivity contribution in [3.05, 3.63) is 12.4 Å². The van der Waals surface area contributed by atoms with Crippen molar-refractivity contribution in [2.24, 2.45) is 0 Å². The van der Waals surface area contributed by atoms with Crippen LogP contribution in [0.15, 0.2) is 12.4 Å². The molecule has 0 atom stereocenters. The zero-order valence-corrected chi connectivity index (χ0v) is 10.9. The molecule has 2 N–H and O–H groups in total. The van der Waals surface area contributed by atoms with Crippen molar-refractivity contribution in [1.82, 2.24) is 9.97 Å². The highest BCUT2D eigenvalue weighted by Crippen LogP contribution is 2.30. The summed E-state index contributed by atoms with van der Waals surface area (Å²) in [4.78, 5) is 10.4. The molecule has 5 heteroatoms. The Morgan fingerprint density at radius 2 is 1.76 bits per heavy atom. The number of nitrogens with two attached hydrogens (primary N) is 1. The number of rotatable bonds is 1. The maximum absolute atomic E-state index is 6.03. The molecule has 0 amide bonds. The SMILES string of the molecule is CC1(C)CN(c2cc(N)ncn2)CC(C)(C)O1. The Morgan fingerprint density at radius 1 is 1.18 bits per heavy atom. The molecule has 1 aliphatic heterocycles. The second-order valence-electron chi connectivity index (χ2n) is 5.78. The molecule has 17 heavy (non-hydrogen) atoms. The van der Waals surface area contributed by atoms with E-state index in [9.17, 15) is 0 Å². The molecule has 0 unspecified atom stereocenters. The van der Waals surface area contributed by atoms with Gasteiger partial charge in [0.25, 0.3) is 0 Å². The van der Waals surface area contributed by atoms with Crippen LogP contribution in [-0.2, 0) is 4.74 Å². The number of nitrogen functional groups attached to an aromatic ring is 1. The summed E-state index contributed by atoms with van der Waals surface area (Å²) in [6, 6.07) is 1.80. The van der Waals surface area contributed by atoms with E-state index in [1.807, 2.05) is 0 Å². The highest BCUT2D eigenvalue weighted by Gasteiger charge is 2.38. The number of anilines is 2. The van der Waals surface area contributed by atoms with Crippen molar-refractivity contribution in [3.8, 4) is 0 Å². The number of hydrogen-bond acceptors (Lipinski definition) is 5. The first kappa shape index (κ1) is 12.1. The Hall–Kier alpha value is -1.36. The summed E-state index contributed by atoms with van der Waals surface area (Å²) < 4.78 is 6.03. The molecule has 0 spiro atoms. The van der Waals surface area contributed by atoms with Gasteiger partial charge in [0, 0.05) is 19.2 Å². The predicted octanol–water partition coefficient (Wildman–Crippen LogP) is 1.45. The van der Waals surface area contributed by atoms with Gasteiger partial charge in [-0.25, -0.2) is 9.97 Å². The van der Waals surface area contributed by atoms with Gasteiger partial charge in [0.2, 0.25) is 0 Å². The first-order valence-corrected chi connectivity index (χ1v) is 5.80. The molecule has 0 radical (unpaired) electrons. The van der Waals surface area contributed by atoms with E-state index in [4.69, 9.17) is 10.5 Å². The third-order valence-corrected chi connectivity index (χ3v) is 2.69. The van der Waals surface area contributed by atoms with Crippen molar-refractivity contribution >= 4 is 11.6 Å². The average Bonchev–Trinajstić information content (AvgIpc) is 2.12. The number of nitrogens with zero attached hydrogens (tertiary/aromatic N) is 3. The van der Waals surface area contributed by atoms with Crippen LogP contribution in [0.3, 0.4) is 0 Å². The summed E-state index contributed by atoms with van der Waals surface area (Å²) in [5.41, 5.74) is 5.31. The van der Waals surface area contributed by atoms with E-state index in [1.54, 1.807) is 6.07 Å². The molecule has 2 rings (SSSR count). The lowest BCUT2D eigenvalue weighted by Crippen LogP contribution is -2.57. The molecule has 0 aromatic carbocycles. The minimum Gasteiger partial charge on any atom is -0.384 e. The van der Waals surface area contributed by atoms with E-state index >= 15 is 0 Å². The number of morpholine rings is 1. The molecule has 1 aliphatic rings. The lowest BCUT2D eigenvalue weighted by atomic mass is 9.99. The third-order valence-electron chi connectivity index (χ3n) is 2.69. The van der Waals surface area contributed by atoms with Crippen molar-refractivity contribution in [2.75, 3.05) is 23.7 Å². The summed E-state index contributed by atoms with van der Waals surface area (Å²) in [6.07, 6.45) is 1.50. The highest BCUT2D eigenvalue weighted by molar-refractivity contribution is 5.47. The van der Waals surface area contributed by atoms with E-state index < -0.39 is 0 Å².